The lowest BCUT2D eigenvalue weighted by atomic mass is 10.1. The van der Waals surface area contributed by atoms with E-state index in [9.17, 15) is 9.59 Å². The van der Waals surface area contributed by atoms with Crippen LogP contribution in [0.4, 0.5) is 0 Å². The number of thiocarbonyl (C=S) groups is 1. The van der Waals surface area contributed by atoms with Crippen LogP contribution in [0.25, 0.3) is 0 Å². The number of ether oxygens (including phenoxy) is 3. The third kappa shape index (κ3) is 39.5. The van der Waals surface area contributed by atoms with Gasteiger partial charge in [-0.15, -0.1) is 0 Å². The van der Waals surface area contributed by atoms with E-state index in [2.05, 4.69) is 43.1 Å². The highest BCUT2D eigenvalue weighted by Gasteiger charge is 2.19. The molecule has 0 fully saturated rings. The third-order valence-corrected chi connectivity index (χ3v) is 9.75. The predicted octanol–water partition coefficient (Wildman–Crippen LogP) is 13.2. The summed E-state index contributed by atoms with van der Waals surface area (Å²) in [6.07, 6.45) is 42.7. The number of hydrogen-bond donors (Lipinski definition) is 0. The summed E-state index contributed by atoms with van der Waals surface area (Å²) in [5.74, 6) is -0.512. The van der Waals surface area contributed by atoms with Crippen LogP contribution in [0.3, 0.4) is 0 Å². The molecule has 0 bridgehead atoms. The number of carbonyl (C=O) groups is 2. The summed E-state index contributed by atoms with van der Waals surface area (Å²) in [4.78, 5) is 27.3. The van der Waals surface area contributed by atoms with E-state index in [1.54, 1.807) is 0 Å². The van der Waals surface area contributed by atoms with Crippen molar-refractivity contribution >= 4 is 29.2 Å². The Labute approximate surface area is 327 Å². The first-order valence-electron chi connectivity index (χ1n) is 21.8. The Balaban J connectivity index is 4.21. The minimum atomic E-state index is -0.652. The summed E-state index contributed by atoms with van der Waals surface area (Å²) in [6, 6.07) is 0. The lowest BCUT2D eigenvalue weighted by Gasteiger charge is -2.19. The Morgan fingerprint density at radius 3 is 1.33 bits per heavy atom. The summed E-state index contributed by atoms with van der Waals surface area (Å²) in [7, 11) is 4.06. The van der Waals surface area contributed by atoms with Gasteiger partial charge in [0.1, 0.15) is 13.2 Å². The fourth-order valence-corrected chi connectivity index (χ4v) is 6.31. The van der Waals surface area contributed by atoms with Gasteiger partial charge < -0.3 is 19.1 Å². The van der Waals surface area contributed by atoms with Gasteiger partial charge in [-0.25, -0.2) is 0 Å². The number of carbonyl (C=O) groups excluding carboxylic acids is 2. The molecule has 0 aromatic carbocycles. The Kier molecular flexibility index (Phi) is 39.1. The van der Waals surface area contributed by atoms with Crippen molar-refractivity contribution in [3.63, 3.8) is 0 Å². The smallest absolute Gasteiger partial charge is 0.306 e. The van der Waals surface area contributed by atoms with Gasteiger partial charge in [-0.1, -0.05) is 141 Å². The van der Waals surface area contributed by atoms with E-state index in [0.717, 1.165) is 64.3 Å². The minimum absolute atomic E-state index is 0.00232. The Morgan fingerprint density at radius 2 is 0.885 bits per heavy atom. The molecule has 0 aliphatic heterocycles. The van der Waals surface area contributed by atoms with E-state index >= 15 is 0 Å². The fraction of sp³-hybridized carbons (Fsp3) is 0.844. The first-order chi connectivity index (χ1) is 25.4. The van der Waals surface area contributed by atoms with Gasteiger partial charge in [-0.2, -0.15) is 0 Å². The zero-order valence-corrected chi connectivity index (χ0v) is 35.4. The molecule has 0 spiro atoms. The largest absolute Gasteiger partial charge is 0.483 e. The second-order valence-electron chi connectivity index (χ2n) is 15.1. The average Bonchev–Trinajstić information content (AvgIpc) is 3.12. The van der Waals surface area contributed by atoms with Crippen LogP contribution >= 0.6 is 12.2 Å². The van der Waals surface area contributed by atoms with Crippen LogP contribution in [-0.2, 0) is 23.8 Å². The van der Waals surface area contributed by atoms with Crippen molar-refractivity contribution in [2.24, 2.45) is 0 Å². The lowest BCUT2D eigenvalue weighted by Crippen LogP contribution is -2.30. The number of esters is 2. The Bertz CT molecular complexity index is 874. The number of nitrogens with zero attached hydrogens (tertiary/aromatic N) is 1. The second kappa shape index (κ2) is 40.5. The molecule has 0 rings (SSSR count). The van der Waals surface area contributed by atoms with Crippen molar-refractivity contribution in [3.8, 4) is 0 Å². The number of hydrogen-bond acceptors (Lipinski definition) is 7. The van der Waals surface area contributed by atoms with Crippen molar-refractivity contribution in [1.82, 2.24) is 4.90 Å². The van der Waals surface area contributed by atoms with E-state index in [1.807, 2.05) is 14.1 Å². The van der Waals surface area contributed by atoms with E-state index in [1.165, 1.54) is 116 Å². The molecule has 0 aromatic heterocycles. The third-order valence-electron chi connectivity index (χ3n) is 9.43. The highest BCUT2D eigenvalue weighted by molar-refractivity contribution is 7.80. The summed E-state index contributed by atoms with van der Waals surface area (Å²) >= 11 is 5.40. The maximum absolute atomic E-state index is 12.7. The molecule has 0 heterocycles. The molecule has 0 aliphatic carbocycles. The zero-order chi connectivity index (χ0) is 38.2. The van der Waals surface area contributed by atoms with E-state index < -0.39 is 6.10 Å². The van der Waals surface area contributed by atoms with Crippen LogP contribution in [0, 0.1) is 0 Å². The van der Waals surface area contributed by atoms with Gasteiger partial charge >= 0.3 is 11.9 Å². The normalized spacial score (nSPS) is 12.2. The van der Waals surface area contributed by atoms with Crippen LogP contribution in [0.2, 0.25) is 0 Å². The summed E-state index contributed by atoms with van der Waals surface area (Å²) in [5.41, 5.74) is 0. The lowest BCUT2D eigenvalue weighted by molar-refractivity contribution is -0.161. The van der Waals surface area contributed by atoms with Gasteiger partial charge in [-0.3, -0.25) is 9.59 Å². The highest BCUT2D eigenvalue weighted by atomic mass is 32.1. The molecule has 304 valence electrons. The summed E-state index contributed by atoms with van der Waals surface area (Å²) in [5, 5.41) is 0.500. The molecule has 0 aliphatic rings. The molecule has 0 amide bonds. The van der Waals surface area contributed by atoms with Crippen LogP contribution in [0.5, 0.6) is 0 Å². The molecular formula is C45H83NO5S. The van der Waals surface area contributed by atoms with Crippen molar-refractivity contribution in [2.75, 3.05) is 33.9 Å². The Hall–Kier alpha value is -1.73. The van der Waals surface area contributed by atoms with Crippen LogP contribution < -0.4 is 0 Å². The second-order valence-corrected chi connectivity index (χ2v) is 15.5. The van der Waals surface area contributed by atoms with E-state index in [0.29, 0.717) is 24.3 Å². The minimum Gasteiger partial charge on any atom is -0.483 e. The molecule has 0 aromatic rings. The molecule has 0 saturated heterocycles. The van der Waals surface area contributed by atoms with Crippen LogP contribution in [0.1, 0.15) is 206 Å². The summed E-state index contributed by atoms with van der Waals surface area (Å²) in [6.45, 7) is 5.56. The van der Waals surface area contributed by atoms with Gasteiger partial charge in [-0.05, 0) is 103 Å². The van der Waals surface area contributed by atoms with Gasteiger partial charge in [0, 0.05) is 19.3 Å². The predicted molar refractivity (Wildman–Crippen MR) is 226 cm³/mol. The standard InChI is InChI=1S/C45H83NO5S/c1-5-7-9-11-13-15-17-19-21-23-25-27-29-31-33-36-43(47)49-40-42(41-50-45(52)38-35-39-46(3)4)51-44(48)37-34-32-30-28-26-24-22-20-18-16-14-12-10-8-6-2/h19-22,42H,5-18,23-41H2,1-4H3/t42-/m1/s1. The summed E-state index contributed by atoms with van der Waals surface area (Å²) < 4.78 is 17.0. The van der Waals surface area contributed by atoms with Gasteiger partial charge in [0.2, 0.25) is 0 Å². The molecule has 0 unspecified atom stereocenters. The molecule has 6 nitrogen and oxygen atoms in total. The first kappa shape index (κ1) is 50.3. The maximum Gasteiger partial charge on any atom is 0.306 e. The molecule has 0 N–H and O–H groups in total. The van der Waals surface area contributed by atoms with Crippen molar-refractivity contribution in [2.45, 2.75) is 213 Å². The van der Waals surface area contributed by atoms with Crippen molar-refractivity contribution < 1.29 is 23.8 Å². The first-order valence-corrected chi connectivity index (χ1v) is 22.2. The molecule has 0 radical (unpaired) electrons. The number of allylic oxidation sites excluding steroid dienone is 4. The van der Waals surface area contributed by atoms with Crippen molar-refractivity contribution in [1.29, 1.82) is 0 Å². The number of rotatable bonds is 39. The zero-order valence-electron chi connectivity index (χ0n) is 34.6. The van der Waals surface area contributed by atoms with Crippen LogP contribution in [-0.4, -0.2) is 61.8 Å². The molecule has 52 heavy (non-hydrogen) atoms. The molecule has 0 saturated carbocycles. The van der Waals surface area contributed by atoms with Gasteiger partial charge in [0.05, 0.1) is 0 Å². The van der Waals surface area contributed by atoms with E-state index in [4.69, 9.17) is 26.4 Å². The fourth-order valence-electron chi connectivity index (χ4n) is 6.10. The molecular weight excluding hydrogens is 667 g/mol. The van der Waals surface area contributed by atoms with Crippen LogP contribution in [0.15, 0.2) is 24.3 Å². The quantitative estimate of drug-likeness (QED) is 0.0268. The SMILES string of the molecule is CCCCCCCCC=CCCCCCCCC(=O)OC[C@H](COC(=S)CCCN(C)C)OC(=O)CCCCCCCC=CCCCCCCCC. The average molecular weight is 750 g/mol. The Morgan fingerprint density at radius 1 is 0.500 bits per heavy atom. The molecule has 7 heteroatoms. The maximum atomic E-state index is 12.7. The topological polar surface area (TPSA) is 65.1 Å². The van der Waals surface area contributed by atoms with Gasteiger partial charge in [0.15, 0.2) is 11.2 Å². The molecule has 1 atom stereocenters. The van der Waals surface area contributed by atoms with E-state index in [-0.39, 0.29) is 25.2 Å². The monoisotopic (exact) mass is 750 g/mol. The van der Waals surface area contributed by atoms with Crippen molar-refractivity contribution in [3.05, 3.63) is 24.3 Å². The highest BCUT2D eigenvalue weighted by Crippen LogP contribution is 2.13. The van der Waals surface area contributed by atoms with Gasteiger partial charge in [0.25, 0.3) is 0 Å². The number of unbranched alkanes of at least 4 members (excludes halogenated alkanes) is 22.